The number of anilines is 1. The molecule has 4 rings (SSSR count). The number of sulfonamides is 1. The first kappa shape index (κ1) is 13.6. The van der Waals surface area contributed by atoms with Crippen molar-refractivity contribution in [2.24, 2.45) is 0 Å². The summed E-state index contributed by atoms with van der Waals surface area (Å²) >= 11 is 0. The molecular formula is C16H16N2O3S. The lowest BCUT2D eigenvalue weighted by atomic mass is 10.2. The number of hydrogen-bond acceptors (Lipinski definition) is 4. The number of nitrogens with one attached hydrogen (secondary N) is 1. The summed E-state index contributed by atoms with van der Waals surface area (Å²) in [6.07, 6.45) is 1.68. The molecule has 1 N–H and O–H groups in total. The maximum Gasteiger partial charge on any atom is 0.244 e. The third kappa shape index (κ3) is 2.24. The zero-order chi connectivity index (χ0) is 15.2. The van der Waals surface area contributed by atoms with Gasteiger partial charge in [0, 0.05) is 12.6 Å². The van der Waals surface area contributed by atoms with Crippen LogP contribution in [0.25, 0.3) is 0 Å². The topological polar surface area (TPSA) is 58.6 Å². The van der Waals surface area contributed by atoms with E-state index in [4.69, 9.17) is 4.74 Å². The van der Waals surface area contributed by atoms with Crippen LogP contribution in [-0.4, -0.2) is 21.1 Å². The number of fused-ring (bicyclic) bond motifs is 3. The highest BCUT2D eigenvalue weighted by atomic mass is 32.2. The summed E-state index contributed by atoms with van der Waals surface area (Å²) in [5, 5.41) is 0. The van der Waals surface area contributed by atoms with E-state index < -0.39 is 10.0 Å². The molecule has 1 fully saturated rings. The molecule has 0 spiro atoms. The molecule has 114 valence electrons. The number of rotatable bonds is 2. The van der Waals surface area contributed by atoms with Gasteiger partial charge in [-0.3, -0.25) is 0 Å². The molecule has 0 amide bonds. The summed E-state index contributed by atoms with van der Waals surface area (Å²) in [4.78, 5) is 2.43. The Kier molecular flexibility index (Phi) is 3.09. The van der Waals surface area contributed by atoms with Gasteiger partial charge in [-0.05, 0) is 37.1 Å². The van der Waals surface area contributed by atoms with Crippen molar-refractivity contribution in [2.45, 2.75) is 23.9 Å². The van der Waals surface area contributed by atoms with Gasteiger partial charge in [0.2, 0.25) is 10.0 Å². The van der Waals surface area contributed by atoms with Crippen LogP contribution in [0.1, 0.15) is 12.8 Å². The van der Waals surface area contributed by atoms with Crippen LogP contribution in [0.4, 0.5) is 5.69 Å². The Morgan fingerprint density at radius 3 is 2.73 bits per heavy atom. The van der Waals surface area contributed by atoms with Crippen LogP contribution in [-0.2, 0) is 10.0 Å². The second kappa shape index (κ2) is 5.00. The van der Waals surface area contributed by atoms with Crippen LogP contribution in [0.15, 0.2) is 53.4 Å². The highest BCUT2D eigenvalue weighted by Gasteiger charge is 2.37. The molecule has 6 heteroatoms. The number of nitrogens with zero attached hydrogens (tertiary/aromatic N) is 1. The normalized spacial score (nSPS) is 22.0. The highest BCUT2D eigenvalue weighted by Crippen LogP contribution is 2.38. The van der Waals surface area contributed by atoms with E-state index in [9.17, 15) is 8.42 Å². The average Bonchev–Trinajstić information content (AvgIpc) is 2.95. The molecule has 1 saturated heterocycles. The van der Waals surface area contributed by atoms with E-state index in [2.05, 4.69) is 9.62 Å². The highest BCUT2D eigenvalue weighted by molar-refractivity contribution is 7.89. The molecule has 2 aliphatic heterocycles. The molecule has 0 bridgehead atoms. The molecular weight excluding hydrogens is 300 g/mol. The minimum Gasteiger partial charge on any atom is -0.457 e. The lowest BCUT2D eigenvalue weighted by Gasteiger charge is -2.34. The van der Waals surface area contributed by atoms with Gasteiger partial charge in [0.15, 0.2) is 0 Å². The summed E-state index contributed by atoms with van der Waals surface area (Å²) in [5.74, 6) is 1.38. The molecule has 1 unspecified atom stereocenters. The van der Waals surface area contributed by atoms with Gasteiger partial charge >= 0.3 is 0 Å². The van der Waals surface area contributed by atoms with Gasteiger partial charge in [-0.2, -0.15) is 4.72 Å². The molecule has 22 heavy (non-hydrogen) atoms. The minimum atomic E-state index is -3.43. The van der Waals surface area contributed by atoms with Crippen LogP contribution < -0.4 is 14.4 Å². The van der Waals surface area contributed by atoms with Gasteiger partial charge < -0.3 is 9.64 Å². The molecule has 2 aliphatic rings. The zero-order valence-corrected chi connectivity index (χ0v) is 12.7. The van der Waals surface area contributed by atoms with Gasteiger partial charge in [0.25, 0.3) is 0 Å². The lowest BCUT2D eigenvalue weighted by Crippen LogP contribution is -2.48. The van der Waals surface area contributed by atoms with E-state index >= 15 is 0 Å². The summed E-state index contributed by atoms with van der Waals surface area (Å²) in [5.41, 5.74) is 0.731. The lowest BCUT2D eigenvalue weighted by molar-refractivity contribution is 0.481. The maximum absolute atomic E-state index is 12.3. The van der Waals surface area contributed by atoms with Crippen LogP contribution in [0.3, 0.4) is 0 Å². The smallest absolute Gasteiger partial charge is 0.244 e. The molecule has 1 atom stereocenters. The predicted octanol–water partition coefficient (Wildman–Crippen LogP) is 2.70. The second-order valence-corrected chi connectivity index (χ2v) is 7.20. The zero-order valence-electron chi connectivity index (χ0n) is 11.9. The molecule has 2 aromatic rings. The van der Waals surface area contributed by atoms with Crippen LogP contribution in [0.2, 0.25) is 0 Å². The van der Waals surface area contributed by atoms with Crippen molar-refractivity contribution in [3.05, 3.63) is 48.5 Å². The van der Waals surface area contributed by atoms with Gasteiger partial charge in [-0.25, -0.2) is 8.42 Å². The Morgan fingerprint density at radius 1 is 1.09 bits per heavy atom. The van der Waals surface area contributed by atoms with Crippen molar-refractivity contribution in [3.63, 3.8) is 0 Å². The van der Waals surface area contributed by atoms with E-state index in [1.165, 1.54) is 0 Å². The average molecular weight is 316 g/mol. The van der Waals surface area contributed by atoms with E-state index in [1.54, 1.807) is 12.1 Å². The van der Waals surface area contributed by atoms with Crippen molar-refractivity contribution < 1.29 is 13.2 Å². The summed E-state index contributed by atoms with van der Waals surface area (Å²) in [6.45, 7) is 0.856. The van der Waals surface area contributed by atoms with Crippen LogP contribution >= 0.6 is 0 Å². The minimum absolute atomic E-state index is 0.135. The Morgan fingerprint density at radius 2 is 1.91 bits per heavy atom. The first-order chi connectivity index (χ1) is 10.6. The monoisotopic (exact) mass is 316 g/mol. The van der Waals surface area contributed by atoms with Crippen LogP contribution in [0, 0.1) is 0 Å². The van der Waals surface area contributed by atoms with Crippen molar-refractivity contribution in [2.75, 3.05) is 11.4 Å². The first-order valence-electron chi connectivity index (χ1n) is 7.29. The SMILES string of the molecule is O=S1(=O)NC2CCCN2c2cc(Oc3ccccc3)ccc21. The van der Waals surface area contributed by atoms with E-state index in [0.717, 1.165) is 30.8 Å². The summed E-state index contributed by atoms with van der Waals surface area (Å²) < 4.78 is 33.2. The number of ether oxygens (including phenoxy) is 1. The fourth-order valence-electron chi connectivity index (χ4n) is 3.06. The Balaban J connectivity index is 1.75. The summed E-state index contributed by atoms with van der Waals surface area (Å²) in [7, 11) is -3.43. The Bertz CT molecular complexity index is 805. The fourth-order valence-corrected chi connectivity index (χ4v) is 4.49. The molecule has 5 nitrogen and oxygen atoms in total. The van der Waals surface area contributed by atoms with Crippen molar-refractivity contribution in [1.29, 1.82) is 0 Å². The fraction of sp³-hybridized carbons (Fsp3) is 0.250. The largest absolute Gasteiger partial charge is 0.457 e. The standard InChI is InChI=1S/C16H16N2O3S/c19-22(20)15-9-8-13(21-12-5-2-1-3-6-12)11-14(15)18-10-4-7-16(18)17-22/h1-3,5-6,8-9,11,16-17H,4,7,10H2. The number of para-hydroxylation sites is 1. The quantitative estimate of drug-likeness (QED) is 0.925. The van der Waals surface area contributed by atoms with E-state index in [1.807, 2.05) is 36.4 Å². The van der Waals surface area contributed by atoms with E-state index in [-0.39, 0.29) is 6.17 Å². The van der Waals surface area contributed by atoms with Gasteiger partial charge in [0.05, 0.1) is 11.9 Å². The van der Waals surface area contributed by atoms with Gasteiger partial charge in [-0.1, -0.05) is 18.2 Å². The predicted molar refractivity (Wildman–Crippen MR) is 83.6 cm³/mol. The first-order valence-corrected chi connectivity index (χ1v) is 8.78. The third-order valence-electron chi connectivity index (χ3n) is 4.05. The van der Waals surface area contributed by atoms with E-state index in [0.29, 0.717) is 10.6 Å². The summed E-state index contributed by atoms with van der Waals surface area (Å²) in [6, 6.07) is 14.6. The third-order valence-corrected chi connectivity index (χ3v) is 5.56. The van der Waals surface area contributed by atoms with Crippen molar-refractivity contribution in [3.8, 4) is 11.5 Å². The Hall–Kier alpha value is -2.05. The molecule has 0 saturated carbocycles. The maximum atomic E-state index is 12.3. The molecule has 0 aromatic heterocycles. The van der Waals surface area contributed by atoms with Crippen molar-refractivity contribution in [1.82, 2.24) is 4.72 Å². The molecule has 0 radical (unpaired) electrons. The molecule has 0 aliphatic carbocycles. The molecule has 2 heterocycles. The Labute approximate surface area is 129 Å². The van der Waals surface area contributed by atoms with Gasteiger partial charge in [-0.15, -0.1) is 0 Å². The van der Waals surface area contributed by atoms with Crippen molar-refractivity contribution >= 4 is 15.7 Å². The number of hydrogen-bond donors (Lipinski definition) is 1. The van der Waals surface area contributed by atoms with Gasteiger partial charge in [0.1, 0.15) is 16.4 Å². The number of benzene rings is 2. The second-order valence-electron chi connectivity index (χ2n) is 5.52. The molecule has 2 aromatic carbocycles. The van der Waals surface area contributed by atoms with Crippen LogP contribution in [0.5, 0.6) is 11.5 Å².